The fourth-order valence-electron chi connectivity index (χ4n) is 4.46. The van der Waals surface area contributed by atoms with Gasteiger partial charge in [0.15, 0.2) is 11.5 Å². The molecule has 2 aliphatic heterocycles. The Balaban J connectivity index is 1.53. The summed E-state index contributed by atoms with van der Waals surface area (Å²) in [4.78, 5) is 0. The number of benzene rings is 3. The highest BCUT2D eigenvalue weighted by molar-refractivity contribution is 9.10. The Morgan fingerprint density at radius 3 is 2.44 bits per heavy atom. The van der Waals surface area contributed by atoms with Gasteiger partial charge < -0.3 is 18.9 Å². The summed E-state index contributed by atoms with van der Waals surface area (Å²) in [6, 6.07) is 20.2. The third kappa shape index (κ3) is 4.20. The SMILES string of the molecule is COc1ccc([C@@H]2Oc3ccc(Br)cc3[C@H]3CC(c4ccc(OC(C)C)cc4)=NN32)cc1OC. The van der Waals surface area contributed by atoms with Crippen molar-refractivity contribution in [3.63, 3.8) is 0 Å². The van der Waals surface area contributed by atoms with E-state index >= 15 is 0 Å². The molecule has 3 aromatic carbocycles. The molecule has 3 aromatic rings. The van der Waals surface area contributed by atoms with Crippen LogP contribution < -0.4 is 18.9 Å². The van der Waals surface area contributed by atoms with Gasteiger partial charge in [0.25, 0.3) is 0 Å². The van der Waals surface area contributed by atoms with Gasteiger partial charge in [-0.25, -0.2) is 5.01 Å². The van der Waals surface area contributed by atoms with E-state index in [4.69, 9.17) is 24.0 Å². The zero-order chi connectivity index (χ0) is 23.8. The van der Waals surface area contributed by atoms with Crippen LogP contribution in [0.15, 0.2) is 70.2 Å². The number of fused-ring (bicyclic) bond motifs is 3. The molecule has 2 atom stereocenters. The summed E-state index contributed by atoms with van der Waals surface area (Å²) in [7, 11) is 3.27. The summed E-state index contributed by atoms with van der Waals surface area (Å²) < 4.78 is 24.3. The minimum absolute atomic E-state index is 0.0564. The van der Waals surface area contributed by atoms with Crippen LogP contribution in [-0.2, 0) is 0 Å². The smallest absolute Gasteiger partial charge is 0.214 e. The molecule has 0 aliphatic carbocycles. The lowest BCUT2D eigenvalue weighted by molar-refractivity contribution is -0.0192. The second-order valence-electron chi connectivity index (χ2n) is 8.60. The zero-order valence-corrected chi connectivity index (χ0v) is 21.2. The zero-order valence-electron chi connectivity index (χ0n) is 19.6. The predicted molar refractivity (Wildman–Crippen MR) is 135 cm³/mol. The lowest BCUT2D eigenvalue weighted by Gasteiger charge is -2.38. The first-order chi connectivity index (χ1) is 16.5. The molecule has 6 nitrogen and oxygen atoms in total. The number of hydrogen-bond donors (Lipinski definition) is 0. The molecular formula is C27H27BrN2O4. The molecule has 2 aliphatic rings. The van der Waals surface area contributed by atoms with Crippen LogP contribution in [-0.4, -0.2) is 31.0 Å². The number of hydrazone groups is 1. The average Bonchev–Trinajstić information content (AvgIpc) is 3.29. The fraction of sp³-hybridized carbons (Fsp3) is 0.296. The molecule has 2 heterocycles. The van der Waals surface area contributed by atoms with Crippen LogP contribution in [0.25, 0.3) is 0 Å². The van der Waals surface area contributed by atoms with Crippen LogP contribution in [0.2, 0.25) is 0 Å². The van der Waals surface area contributed by atoms with E-state index in [1.54, 1.807) is 14.2 Å². The molecular weight excluding hydrogens is 496 g/mol. The van der Waals surface area contributed by atoms with Crippen LogP contribution in [0.5, 0.6) is 23.0 Å². The Kier molecular flexibility index (Phi) is 6.13. The number of methoxy groups -OCH3 is 2. The quantitative estimate of drug-likeness (QED) is 0.370. The third-order valence-corrected chi connectivity index (χ3v) is 6.50. The number of rotatable bonds is 6. The summed E-state index contributed by atoms with van der Waals surface area (Å²) >= 11 is 3.61. The minimum Gasteiger partial charge on any atom is -0.493 e. The molecule has 7 heteroatoms. The molecule has 34 heavy (non-hydrogen) atoms. The highest BCUT2D eigenvalue weighted by Crippen LogP contribution is 2.49. The van der Waals surface area contributed by atoms with Crippen LogP contribution in [0.4, 0.5) is 0 Å². The van der Waals surface area contributed by atoms with Crippen molar-refractivity contribution in [2.45, 2.75) is 38.6 Å². The van der Waals surface area contributed by atoms with E-state index in [1.165, 1.54) is 0 Å². The third-order valence-electron chi connectivity index (χ3n) is 6.00. The Morgan fingerprint density at radius 2 is 1.74 bits per heavy atom. The van der Waals surface area contributed by atoms with Crippen molar-refractivity contribution in [1.29, 1.82) is 0 Å². The molecule has 0 saturated carbocycles. The highest BCUT2D eigenvalue weighted by atomic mass is 79.9. The molecule has 0 unspecified atom stereocenters. The molecule has 0 aromatic heterocycles. The van der Waals surface area contributed by atoms with Crippen LogP contribution in [0, 0.1) is 0 Å². The fourth-order valence-corrected chi connectivity index (χ4v) is 4.84. The van der Waals surface area contributed by atoms with Crippen molar-refractivity contribution in [3.8, 4) is 23.0 Å². The van der Waals surface area contributed by atoms with E-state index in [2.05, 4.69) is 39.1 Å². The van der Waals surface area contributed by atoms with E-state index in [0.717, 1.165) is 44.8 Å². The maximum Gasteiger partial charge on any atom is 0.214 e. The van der Waals surface area contributed by atoms with E-state index in [-0.39, 0.29) is 18.4 Å². The first-order valence-electron chi connectivity index (χ1n) is 11.3. The molecule has 176 valence electrons. The van der Waals surface area contributed by atoms with Crippen LogP contribution in [0.3, 0.4) is 0 Å². The lowest BCUT2D eigenvalue weighted by atomic mass is 9.96. The summed E-state index contributed by atoms with van der Waals surface area (Å²) in [6.07, 6.45) is 0.526. The summed E-state index contributed by atoms with van der Waals surface area (Å²) in [6.45, 7) is 4.05. The molecule has 0 amide bonds. The highest BCUT2D eigenvalue weighted by Gasteiger charge is 2.41. The molecule has 0 bridgehead atoms. The van der Waals surface area contributed by atoms with Gasteiger partial charge in [-0.3, -0.25) is 0 Å². The second-order valence-corrected chi connectivity index (χ2v) is 9.52. The van der Waals surface area contributed by atoms with Gasteiger partial charge in [-0.05, 0) is 80.1 Å². The number of halogens is 1. The molecule has 0 N–H and O–H groups in total. The summed E-state index contributed by atoms with van der Waals surface area (Å²) in [5, 5.41) is 7.11. The molecule has 0 saturated heterocycles. The number of hydrogen-bond acceptors (Lipinski definition) is 6. The Bertz CT molecular complexity index is 1230. The van der Waals surface area contributed by atoms with Gasteiger partial charge in [-0.1, -0.05) is 15.9 Å². The van der Waals surface area contributed by atoms with Gasteiger partial charge in [0.05, 0.1) is 32.1 Å². The van der Waals surface area contributed by atoms with Crippen molar-refractivity contribution < 1.29 is 18.9 Å². The normalized spacial score (nSPS) is 18.6. The van der Waals surface area contributed by atoms with Crippen molar-refractivity contribution in [2.75, 3.05) is 14.2 Å². The predicted octanol–water partition coefficient (Wildman–Crippen LogP) is 6.50. The largest absolute Gasteiger partial charge is 0.493 e. The monoisotopic (exact) mass is 522 g/mol. The Hall–Kier alpha value is -3.19. The maximum atomic E-state index is 6.49. The average molecular weight is 523 g/mol. The number of ether oxygens (including phenoxy) is 4. The van der Waals surface area contributed by atoms with Crippen molar-refractivity contribution in [3.05, 3.63) is 81.8 Å². The van der Waals surface area contributed by atoms with Gasteiger partial charge in [0.1, 0.15) is 11.5 Å². The van der Waals surface area contributed by atoms with Crippen molar-refractivity contribution in [2.24, 2.45) is 5.10 Å². The summed E-state index contributed by atoms with van der Waals surface area (Å²) in [5.41, 5.74) is 4.16. The van der Waals surface area contributed by atoms with Crippen molar-refractivity contribution in [1.82, 2.24) is 5.01 Å². The molecule has 5 rings (SSSR count). The van der Waals surface area contributed by atoms with E-state index < -0.39 is 0 Å². The minimum atomic E-state index is -0.389. The van der Waals surface area contributed by atoms with Crippen LogP contribution in [0.1, 0.15) is 49.2 Å². The van der Waals surface area contributed by atoms with Crippen molar-refractivity contribution >= 4 is 21.6 Å². The van der Waals surface area contributed by atoms with Gasteiger partial charge in [-0.15, -0.1) is 0 Å². The summed E-state index contributed by atoms with van der Waals surface area (Å²) in [5.74, 6) is 3.06. The van der Waals surface area contributed by atoms with Crippen LogP contribution >= 0.6 is 15.9 Å². The van der Waals surface area contributed by atoms with E-state index in [9.17, 15) is 0 Å². The standard InChI is InChI=1S/C27H27BrN2O4/c1-16(2)33-20-9-5-17(6-10-20)22-15-23-21-14-19(28)8-12-24(21)34-27(30(23)29-22)18-7-11-25(31-3)26(13-18)32-4/h5-14,16,23,27H,15H2,1-4H3/t23-,27+/m1/s1. The Labute approximate surface area is 208 Å². The maximum absolute atomic E-state index is 6.49. The Morgan fingerprint density at radius 1 is 0.971 bits per heavy atom. The van der Waals surface area contributed by atoms with Gasteiger partial charge in [0, 0.05) is 22.0 Å². The second kappa shape index (κ2) is 9.22. The van der Waals surface area contributed by atoms with E-state index in [1.807, 2.05) is 56.3 Å². The van der Waals surface area contributed by atoms with Gasteiger partial charge in [-0.2, -0.15) is 5.10 Å². The lowest BCUT2D eigenvalue weighted by Crippen LogP contribution is -2.33. The first kappa shape index (κ1) is 22.6. The topological polar surface area (TPSA) is 52.5 Å². The van der Waals surface area contributed by atoms with E-state index in [0.29, 0.717) is 11.5 Å². The molecule has 0 radical (unpaired) electrons. The first-order valence-corrected chi connectivity index (χ1v) is 12.1. The number of nitrogens with zero attached hydrogens (tertiary/aromatic N) is 2. The van der Waals surface area contributed by atoms with Gasteiger partial charge in [0.2, 0.25) is 6.23 Å². The molecule has 0 spiro atoms. The molecule has 0 fully saturated rings. The van der Waals surface area contributed by atoms with Gasteiger partial charge >= 0.3 is 0 Å².